The van der Waals surface area contributed by atoms with Crippen LogP contribution in [0.3, 0.4) is 0 Å². The summed E-state index contributed by atoms with van der Waals surface area (Å²) in [6, 6.07) is 9.47. The normalized spacial score (nSPS) is 23.1. The summed E-state index contributed by atoms with van der Waals surface area (Å²) >= 11 is 0. The van der Waals surface area contributed by atoms with Crippen LogP contribution in [0.15, 0.2) is 59.7 Å². The Hall–Kier alpha value is -1.72. The van der Waals surface area contributed by atoms with Gasteiger partial charge < -0.3 is 9.47 Å². The van der Waals surface area contributed by atoms with Crippen LogP contribution in [0.5, 0.6) is 0 Å². The van der Waals surface area contributed by atoms with Crippen molar-refractivity contribution >= 4 is 0 Å². The van der Waals surface area contributed by atoms with E-state index < -0.39 is 0 Å². The molecule has 0 N–H and O–H groups in total. The number of hydrogen-bond acceptors (Lipinski definition) is 4. The fourth-order valence-electron chi connectivity index (χ4n) is 5.11. The first-order valence-corrected chi connectivity index (χ1v) is 13.4. The van der Waals surface area contributed by atoms with Gasteiger partial charge in [-0.05, 0) is 53.4 Å². The van der Waals surface area contributed by atoms with Crippen molar-refractivity contribution in [1.29, 1.82) is 0 Å². The van der Waals surface area contributed by atoms with Crippen molar-refractivity contribution < 1.29 is 9.47 Å². The van der Waals surface area contributed by atoms with Crippen LogP contribution in [0.1, 0.15) is 56.6 Å². The van der Waals surface area contributed by atoms with Crippen molar-refractivity contribution in [2.24, 2.45) is 5.92 Å². The highest BCUT2D eigenvalue weighted by Gasteiger charge is 2.16. The maximum atomic E-state index is 5.49. The van der Waals surface area contributed by atoms with Crippen LogP contribution in [0.2, 0.25) is 0 Å². The van der Waals surface area contributed by atoms with Gasteiger partial charge in [0, 0.05) is 39.3 Å². The molecule has 2 aliphatic heterocycles. The Morgan fingerprint density at radius 2 is 1.53 bits per heavy atom. The summed E-state index contributed by atoms with van der Waals surface area (Å²) in [5, 5.41) is 0. The largest absolute Gasteiger partial charge is 0.379 e. The molecule has 0 bridgehead atoms. The number of nitrogens with zero attached hydrogens (tertiary/aromatic N) is 2. The molecule has 2 atom stereocenters. The quantitative estimate of drug-likeness (QED) is 0.452. The van der Waals surface area contributed by atoms with Crippen molar-refractivity contribution in [3.63, 3.8) is 0 Å². The second-order valence-corrected chi connectivity index (χ2v) is 10.3. The molecule has 0 radical (unpaired) electrons. The molecule has 2 fully saturated rings. The molecule has 0 spiro atoms. The molecule has 186 valence electrons. The first-order chi connectivity index (χ1) is 16.7. The number of ether oxygens (including phenoxy) is 2. The molecule has 0 saturated carbocycles. The van der Waals surface area contributed by atoms with E-state index in [-0.39, 0.29) is 0 Å². The molecular formula is C30H44N2O2. The molecule has 4 heteroatoms. The molecule has 2 saturated heterocycles. The maximum Gasteiger partial charge on any atom is 0.0594 e. The van der Waals surface area contributed by atoms with E-state index in [0.29, 0.717) is 5.92 Å². The first kappa shape index (κ1) is 25.4. The lowest BCUT2D eigenvalue weighted by Crippen LogP contribution is -2.37. The second kappa shape index (κ2) is 13.4. The van der Waals surface area contributed by atoms with Crippen LogP contribution >= 0.6 is 0 Å². The summed E-state index contributed by atoms with van der Waals surface area (Å²) in [5.41, 5.74) is 5.82. The van der Waals surface area contributed by atoms with E-state index in [4.69, 9.17) is 9.47 Å². The standard InChI is InChI=1S/C30H44N2O2/c1-3-25(2)22-30(29-11-9-28(10-12-29)24-32-16-20-34-21-17-32)13-8-26-4-6-27(7-5-26)23-31-14-18-33-19-15-31/h4,6-12,25,30H,3,5,13-24H2,1-2H3/b26-8-. The molecule has 1 aliphatic carbocycles. The predicted octanol–water partition coefficient (Wildman–Crippen LogP) is 5.57. The zero-order valence-corrected chi connectivity index (χ0v) is 21.4. The van der Waals surface area contributed by atoms with E-state index in [1.807, 2.05) is 0 Å². The van der Waals surface area contributed by atoms with Gasteiger partial charge in [-0.25, -0.2) is 0 Å². The molecule has 0 aromatic heterocycles. The third-order valence-electron chi connectivity index (χ3n) is 7.63. The van der Waals surface area contributed by atoms with Gasteiger partial charge in [0.25, 0.3) is 0 Å². The lowest BCUT2D eigenvalue weighted by molar-refractivity contribution is 0.0342. The first-order valence-electron chi connectivity index (χ1n) is 13.4. The lowest BCUT2D eigenvalue weighted by atomic mass is 9.85. The summed E-state index contributed by atoms with van der Waals surface area (Å²) in [5.74, 6) is 1.34. The van der Waals surface area contributed by atoms with Gasteiger partial charge in [-0.2, -0.15) is 0 Å². The van der Waals surface area contributed by atoms with E-state index in [0.717, 1.165) is 84.5 Å². The summed E-state index contributed by atoms with van der Waals surface area (Å²) in [6.07, 6.45) is 14.3. The molecule has 1 aromatic carbocycles. The van der Waals surface area contributed by atoms with E-state index >= 15 is 0 Å². The lowest BCUT2D eigenvalue weighted by Gasteiger charge is -2.27. The average Bonchev–Trinajstić information content (AvgIpc) is 2.89. The minimum absolute atomic E-state index is 0.590. The molecule has 3 aliphatic rings. The molecule has 1 aromatic rings. The SMILES string of the molecule is CCC(C)CC(C/C=C1/C=CC(CN2CCOCC2)=CC1)c1ccc(CN2CCOCC2)cc1. The highest BCUT2D eigenvalue weighted by molar-refractivity contribution is 5.37. The van der Waals surface area contributed by atoms with Gasteiger partial charge in [0.15, 0.2) is 0 Å². The van der Waals surface area contributed by atoms with E-state index in [9.17, 15) is 0 Å². The van der Waals surface area contributed by atoms with Crippen LogP contribution in [-0.2, 0) is 16.0 Å². The van der Waals surface area contributed by atoms with Crippen LogP contribution < -0.4 is 0 Å². The molecule has 34 heavy (non-hydrogen) atoms. The predicted molar refractivity (Wildman–Crippen MR) is 141 cm³/mol. The maximum absolute atomic E-state index is 5.49. The summed E-state index contributed by atoms with van der Waals surface area (Å²) < 4.78 is 11.0. The highest BCUT2D eigenvalue weighted by atomic mass is 16.5. The van der Waals surface area contributed by atoms with Crippen molar-refractivity contribution in [3.05, 3.63) is 70.8 Å². The topological polar surface area (TPSA) is 24.9 Å². The van der Waals surface area contributed by atoms with Crippen LogP contribution in [0.4, 0.5) is 0 Å². The second-order valence-electron chi connectivity index (χ2n) is 10.3. The fraction of sp³-hybridized carbons (Fsp3) is 0.600. The number of morpholine rings is 2. The van der Waals surface area contributed by atoms with Gasteiger partial charge in [-0.3, -0.25) is 9.80 Å². The third-order valence-corrected chi connectivity index (χ3v) is 7.63. The number of rotatable bonds is 10. The van der Waals surface area contributed by atoms with Gasteiger partial charge in [0.1, 0.15) is 0 Å². The van der Waals surface area contributed by atoms with Gasteiger partial charge in [-0.1, -0.05) is 68.8 Å². The monoisotopic (exact) mass is 464 g/mol. The van der Waals surface area contributed by atoms with E-state index in [1.165, 1.54) is 35.1 Å². The smallest absolute Gasteiger partial charge is 0.0594 e. The molecule has 2 heterocycles. The zero-order chi connectivity index (χ0) is 23.6. The third kappa shape index (κ3) is 7.91. The molecule has 0 amide bonds. The van der Waals surface area contributed by atoms with Crippen molar-refractivity contribution in [3.8, 4) is 0 Å². The van der Waals surface area contributed by atoms with Crippen molar-refractivity contribution in [2.45, 2.75) is 52.0 Å². The zero-order valence-electron chi connectivity index (χ0n) is 21.4. The minimum atomic E-state index is 0.590. The van der Waals surface area contributed by atoms with Crippen LogP contribution in [0, 0.1) is 5.92 Å². The molecular weight excluding hydrogens is 420 g/mol. The number of hydrogen-bond donors (Lipinski definition) is 0. The van der Waals surface area contributed by atoms with Crippen LogP contribution in [-0.4, -0.2) is 69.0 Å². The summed E-state index contributed by atoms with van der Waals surface area (Å²) in [4.78, 5) is 5.00. The summed E-state index contributed by atoms with van der Waals surface area (Å²) in [6.45, 7) is 14.5. The Morgan fingerprint density at radius 1 is 0.882 bits per heavy atom. The Labute approximate surface area is 207 Å². The van der Waals surface area contributed by atoms with E-state index in [1.54, 1.807) is 0 Å². The Bertz CT molecular complexity index is 830. The van der Waals surface area contributed by atoms with Gasteiger partial charge >= 0.3 is 0 Å². The van der Waals surface area contributed by atoms with Crippen molar-refractivity contribution in [1.82, 2.24) is 9.80 Å². The summed E-state index contributed by atoms with van der Waals surface area (Å²) in [7, 11) is 0. The van der Waals surface area contributed by atoms with Gasteiger partial charge in [0.05, 0.1) is 26.4 Å². The van der Waals surface area contributed by atoms with Crippen molar-refractivity contribution in [2.75, 3.05) is 59.2 Å². The molecule has 4 rings (SSSR count). The van der Waals surface area contributed by atoms with Gasteiger partial charge in [0.2, 0.25) is 0 Å². The van der Waals surface area contributed by atoms with E-state index in [2.05, 4.69) is 72.2 Å². The molecule has 4 nitrogen and oxygen atoms in total. The minimum Gasteiger partial charge on any atom is -0.379 e. The van der Waals surface area contributed by atoms with Crippen LogP contribution in [0.25, 0.3) is 0 Å². The number of benzene rings is 1. The average molecular weight is 465 g/mol. The Balaban J connectivity index is 1.34. The Kier molecular flexibility index (Phi) is 9.99. The van der Waals surface area contributed by atoms with Gasteiger partial charge in [-0.15, -0.1) is 0 Å². The Morgan fingerprint density at radius 3 is 2.12 bits per heavy atom. The highest BCUT2D eigenvalue weighted by Crippen LogP contribution is 2.31. The number of allylic oxidation sites excluding steroid dienone is 4. The molecule has 2 unspecified atom stereocenters. The fourth-order valence-corrected chi connectivity index (χ4v) is 5.11.